The molecule has 2 nitrogen and oxygen atoms in total. The van der Waals surface area contributed by atoms with Crippen LogP contribution >= 0.6 is 34.5 Å². The molecule has 0 radical (unpaired) electrons. The van der Waals surface area contributed by atoms with E-state index in [0.29, 0.717) is 16.1 Å². The number of benzene rings is 1. The molecule has 1 unspecified atom stereocenters. The van der Waals surface area contributed by atoms with Crippen LogP contribution in [0, 0.1) is 6.92 Å². The summed E-state index contributed by atoms with van der Waals surface area (Å²) in [6.07, 6.45) is 1.96. The lowest BCUT2D eigenvalue weighted by molar-refractivity contribution is 0.522. The normalized spacial score (nSPS) is 12.6. The molecule has 5 heteroatoms. The summed E-state index contributed by atoms with van der Waals surface area (Å²) in [5.74, 6) is 0. The van der Waals surface area contributed by atoms with Crippen molar-refractivity contribution in [3.05, 3.63) is 49.9 Å². The van der Waals surface area contributed by atoms with Crippen molar-refractivity contribution in [2.24, 2.45) is 0 Å². The van der Waals surface area contributed by atoms with Crippen molar-refractivity contribution in [3.63, 3.8) is 0 Å². The minimum absolute atomic E-state index is 0.297. The van der Waals surface area contributed by atoms with Crippen molar-refractivity contribution in [3.8, 4) is 0 Å². The van der Waals surface area contributed by atoms with Gasteiger partial charge in [-0.05, 0) is 31.0 Å². The van der Waals surface area contributed by atoms with Crippen molar-refractivity contribution >= 4 is 34.5 Å². The SMILES string of the molecule is CCC(NCCc1nc(C)cs1)c1ccc(Cl)c(Cl)c1. The van der Waals surface area contributed by atoms with Crippen LogP contribution < -0.4 is 5.32 Å². The zero-order chi connectivity index (χ0) is 14.5. The first-order valence-electron chi connectivity index (χ1n) is 6.69. The predicted molar refractivity (Wildman–Crippen MR) is 88.1 cm³/mol. The van der Waals surface area contributed by atoms with Crippen molar-refractivity contribution in [1.29, 1.82) is 0 Å². The van der Waals surface area contributed by atoms with E-state index in [2.05, 4.69) is 22.6 Å². The molecule has 1 aromatic carbocycles. The molecule has 1 N–H and O–H groups in total. The molecule has 0 spiro atoms. The number of aryl methyl sites for hydroxylation is 1. The summed E-state index contributed by atoms with van der Waals surface area (Å²) in [6.45, 7) is 5.09. The van der Waals surface area contributed by atoms with E-state index in [-0.39, 0.29) is 0 Å². The van der Waals surface area contributed by atoms with E-state index in [0.717, 1.165) is 25.1 Å². The smallest absolute Gasteiger partial charge is 0.0940 e. The number of hydrogen-bond donors (Lipinski definition) is 1. The molecule has 1 atom stereocenters. The number of rotatable bonds is 6. The fourth-order valence-corrected chi connectivity index (χ4v) is 3.18. The van der Waals surface area contributed by atoms with Crippen LogP contribution in [0.4, 0.5) is 0 Å². The van der Waals surface area contributed by atoms with E-state index in [9.17, 15) is 0 Å². The van der Waals surface area contributed by atoms with Crippen molar-refractivity contribution in [2.75, 3.05) is 6.54 Å². The Labute approximate surface area is 134 Å². The average molecular weight is 329 g/mol. The summed E-state index contributed by atoms with van der Waals surface area (Å²) < 4.78 is 0. The molecule has 0 aliphatic rings. The van der Waals surface area contributed by atoms with Gasteiger partial charge < -0.3 is 5.32 Å². The summed E-state index contributed by atoms with van der Waals surface area (Å²) in [4.78, 5) is 4.47. The molecule has 20 heavy (non-hydrogen) atoms. The summed E-state index contributed by atoms with van der Waals surface area (Å²) in [6, 6.07) is 6.13. The topological polar surface area (TPSA) is 24.9 Å². The Hall–Kier alpha value is -0.610. The second kappa shape index (κ2) is 7.41. The molecule has 2 rings (SSSR count). The first kappa shape index (κ1) is 15.8. The third-order valence-electron chi connectivity index (χ3n) is 3.15. The van der Waals surface area contributed by atoms with Gasteiger partial charge in [-0.25, -0.2) is 4.98 Å². The first-order chi connectivity index (χ1) is 9.60. The summed E-state index contributed by atoms with van der Waals surface area (Å²) in [7, 11) is 0. The van der Waals surface area contributed by atoms with Gasteiger partial charge >= 0.3 is 0 Å². The van der Waals surface area contributed by atoms with Gasteiger partial charge in [0.2, 0.25) is 0 Å². The lowest BCUT2D eigenvalue weighted by atomic mass is 10.0. The molecule has 108 valence electrons. The first-order valence-corrected chi connectivity index (χ1v) is 8.33. The van der Waals surface area contributed by atoms with Gasteiger partial charge in [0.25, 0.3) is 0 Å². The van der Waals surface area contributed by atoms with E-state index in [4.69, 9.17) is 23.2 Å². The minimum atomic E-state index is 0.297. The number of thiazole rings is 1. The molecule has 0 amide bonds. The highest BCUT2D eigenvalue weighted by Crippen LogP contribution is 2.26. The van der Waals surface area contributed by atoms with Gasteiger partial charge in [-0.1, -0.05) is 36.2 Å². The van der Waals surface area contributed by atoms with Gasteiger partial charge in [-0.15, -0.1) is 11.3 Å². The molecular formula is C15H18Cl2N2S. The van der Waals surface area contributed by atoms with E-state index in [1.54, 1.807) is 11.3 Å². The Balaban J connectivity index is 1.93. The van der Waals surface area contributed by atoms with Gasteiger partial charge in [0.05, 0.1) is 15.1 Å². The van der Waals surface area contributed by atoms with Crippen molar-refractivity contribution in [1.82, 2.24) is 10.3 Å². The summed E-state index contributed by atoms with van der Waals surface area (Å²) >= 11 is 13.8. The van der Waals surface area contributed by atoms with Crippen LogP contribution in [0.25, 0.3) is 0 Å². The molecule has 0 saturated heterocycles. The number of aromatic nitrogens is 1. The van der Waals surface area contributed by atoms with Crippen LogP contribution in [-0.4, -0.2) is 11.5 Å². The predicted octanol–water partition coefficient (Wildman–Crippen LogP) is 5.04. The third-order valence-corrected chi connectivity index (χ3v) is 4.92. The maximum Gasteiger partial charge on any atom is 0.0940 e. The highest BCUT2D eigenvalue weighted by atomic mass is 35.5. The van der Waals surface area contributed by atoms with E-state index >= 15 is 0 Å². The fraction of sp³-hybridized carbons (Fsp3) is 0.400. The molecule has 0 fully saturated rings. The second-order valence-electron chi connectivity index (χ2n) is 4.72. The average Bonchev–Trinajstić information content (AvgIpc) is 2.84. The third kappa shape index (κ3) is 4.19. The Morgan fingerprint density at radius 2 is 2.10 bits per heavy atom. The van der Waals surface area contributed by atoms with Crippen LogP contribution in [0.1, 0.15) is 35.7 Å². The highest BCUT2D eigenvalue weighted by molar-refractivity contribution is 7.09. The molecule has 0 bridgehead atoms. The lowest BCUT2D eigenvalue weighted by Gasteiger charge is -2.17. The Bertz CT molecular complexity index is 569. The molecular weight excluding hydrogens is 311 g/mol. The summed E-state index contributed by atoms with van der Waals surface area (Å²) in [5.41, 5.74) is 2.28. The molecule has 1 aromatic heterocycles. The Morgan fingerprint density at radius 1 is 1.30 bits per heavy atom. The van der Waals surface area contributed by atoms with Crippen LogP contribution in [0.15, 0.2) is 23.6 Å². The molecule has 0 aliphatic carbocycles. The van der Waals surface area contributed by atoms with E-state index < -0.39 is 0 Å². The monoisotopic (exact) mass is 328 g/mol. The van der Waals surface area contributed by atoms with Gasteiger partial charge in [0.1, 0.15) is 0 Å². The number of nitrogens with one attached hydrogen (secondary N) is 1. The van der Waals surface area contributed by atoms with Crippen LogP contribution in [0.5, 0.6) is 0 Å². The maximum absolute atomic E-state index is 6.08. The quantitative estimate of drug-likeness (QED) is 0.803. The van der Waals surface area contributed by atoms with Crippen LogP contribution in [0.2, 0.25) is 10.0 Å². The standard InChI is InChI=1S/C15H18Cl2N2S/c1-3-14(11-4-5-12(16)13(17)8-11)18-7-6-15-19-10(2)9-20-15/h4-5,8-9,14,18H,3,6-7H2,1-2H3. The van der Waals surface area contributed by atoms with Crippen molar-refractivity contribution in [2.45, 2.75) is 32.7 Å². The Kier molecular flexibility index (Phi) is 5.85. The van der Waals surface area contributed by atoms with Crippen LogP contribution in [0.3, 0.4) is 0 Å². The number of nitrogens with zero attached hydrogens (tertiary/aromatic N) is 1. The maximum atomic E-state index is 6.08. The minimum Gasteiger partial charge on any atom is -0.310 e. The number of hydrogen-bond acceptors (Lipinski definition) is 3. The van der Waals surface area contributed by atoms with E-state index in [1.807, 2.05) is 25.1 Å². The number of halogens is 2. The largest absolute Gasteiger partial charge is 0.310 e. The fourth-order valence-electron chi connectivity index (χ4n) is 2.10. The van der Waals surface area contributed by atoms with Gasteiger partial charge in [-0.2, -0.15) is 0 Å². The van der Waals surface area contributed by atoms with Gasteiger partial charge in [0.15, 0.2) is 0 Å². The van der Waals surface area contributed by atoms with Gasteiger partial charge in [0, 0.05) is 30.1 Å². The second-order valence-corrected chi connectivity index (χ2v) is 6.48. The molecule has 2 aromatic rings. The molecule has 1 heterocycles. The van der Waals surface area contributed by atoms with Crippen molar-refractivity contribution < 1.29 is 0 Å². The van der Waals surface area contributed by atoms with Crippen LogP contribution in [-0.2, 0) is 6.42 Å². The lowest BCUT2D eigenvalue weighted by Crippen LogP contribution is -2.23. The zero-order valence-electron chi connectivity index (χ0n) is 11.6. The van der Waals surface area contributed by atoms with Gasteiger partial charge in [-0.3, -0.25) is 0 Å². The Morgan fingerprint density at radius 3 is 2.70 bits per heavy atom. The van der Waals surface area contributed by atoms with E-state index in [1.165, 1.54) is 10.6 Å². The summed E-state index contributed by atoms with van der Waals surface area (Å²) in [5, 5.41) is 8.04. The zero-order valence-corrected chi connectivity index (χ0v) is 13.9. The molecule has 0 saturated carbocycles. The molecule has 0 aliphatic heterocycles. The highest BCUT2D eigenvalue weighted by Gasteiger charge is 2.10.